The number of allylic oxidation sites excluding steroid dienone is 4. The lowest BCUT2D eigenvalue weighted by molar-refractivity contribution is -0.162. The zero-order valence-electron chi connectivity index (χ0n) is 18.8. The summed E-state index contributed by atoms with van der Waals surface area (Å²) in [5.74, 6) is -0.312. The number of aliphatic hydroxyl groups excluding tert-OH is 1. The third-order valence-corrected chi connectivity index (χ3v) is 10.2. The van der Waals surface area contributed by atoms with Gasteiger partial charge in [0.25, 0.3) is 0 Å². The molecule has 0 unspecified atom stereocenters. The van der Waals surface area contributed by atoms with E-state index in [0.29, 0.717) is 5.57 Å². The maximum Gasteiger partial charge on any atom is 0.206 e. The van der Waals surface area contributed by atoms with Gasteiger partial charge in [-0.3, -0.25) is 9.59 Å². The van der Waals surface area contributed by atoms with Gasteiger partial charge in [0.15, 0.2) is 11.5 Å². The molecule has 1 saturated heterocycles. The first-order chi connectivity index (χ1) is 14.5. The normalized spacial score (nSPS) is 49.4. The number of Topliss-reactive ketones (excluding diaryl/α,β-unsaturated/α-hetero) is 1. The Balaban J connectivity index is 1.57. The summed E-state index contributed by atoms with van der Waals surface area (Å²) in [4.78, 5) is 26.7. The molecule has 5 aliphatic rings. The summed E-state index contributed by atoms with van der Waals surface area (Å²) in [5, 5.41) is 11.4. The lowest BCUT2D eigenvalue weighted by atomic mass is 9.39. The fourth-order valence-corrected chi connectivity index (χ4v) is 8.78. The highest BCUT2D eigenvalue weighted by Gasteiger charge is 2.87. The van der Waals surface area contributed by atoms with Crippen LogP contribution in [0.15, 0.2) is 46.5 Å². The zero-order valence-corrected chi connectivity index (χ0v) is 18.8. The summed E-state index contributed by atoms with van der Waals surface area (Å²) in [6.07, 6.45) is 9.76. The number of rotatable bonds is 1. The summed E-state index contributed by atoms with van der Waals surface area (Å²) in [6, 6.07) is 2.03. The number of hydrogen-bond donors (Lipinski definition) is 1. The maximum absolute atomic E-state index is 14.0. The van der Waals surface area contributed by atoms with Gasteiger partial charge in [0.2, 0.25) is 5.78 Å². The highest BCUT2D eigenvalue weighted by Crippen LogP contribution is 2.81. The van der Waals surface area contributed by atoms with Crippen LogP contribution in [0.3, 0.4) is 0 Å². The highest BCUT2D eigenvalue weighted by molar-refractivity contribution is 6.06. The first kappa shape index (κ1) is 19.5. The molecule has 2 saturated carbocycles. The van der Waals surface area contributed by atoms with Gasteiger partial charge in [-0.15, -0.1) is 0 Å². The van der Waals surface area contributed by atoms with Gasteiger partial charge in [0.05, 0.1) is 29.5 Å². The molecule has 1 aliphatic heterocycles. The Hall–Kier alpha value is -2.14. The minimum absolute atomic E-state index is 0.00527. The lowest BCUT2D eigenvalue weighted by Gasteiger charge is -2.62. The summed E-state index contributed by atoms with van der Waals surface area (Å²) in [7, 11) is 0. The number of ether oxygens (including phenoxy) is 1. The third-order valence-electron chi connectivity index (χ3n) is 10.2. The predicted octanol–water partition coefficient (Wildman–Crippen LogP) is 4.89. The second-order valence-electron chi connectivity index (χ2n) is 11.6. The molecule has 0 aromatic carbocycles. The Bertz CT molecular complexity index is 1090. The van der Waals surface area contributed by atoms with Crippen molar-refractivity contribution in [3.05, 3.63) is 47.6 Å². The number of fused-ring (bicyclic) bond motifs is 3. The van der Waals surface area contributed by atoms with Crippen molar-refractivity contribution < 1.29 is 23.8 Å². The average molecular weight is 423 g/mol. The van der Waals surface area contributed by atoms with Crippen molar-refractivity contribution in [2.75, 3.05) is 0 Å². The average Bonchev–Trinajstić information content (AvgIpc) is 3.07. The Kier molecular flexibility index (Phi) is 3.31. The monoisotopic (exact) mass is 422 g/mol. The van der Waals surface area contributed by atoms with Crippen LogP contribution in [0.1, 0.15) is 65.4 Å². The molecule has 6 rings (SSSR count). The van der Waals surface area contributed by atoms with Gasteiger partial charge in [-0.1, -0.05) is 19.9 Å². The Morgan fingerprint density at radius 3 is 2.55 bits per heavy atom. The summed E-state index contributed by atoms with van der Waals surface area (Å²) in [6.45, 7) is 10.0. The molecule has 1 aromatic heterocycles. The molecule has 31 heavy (non-hydrogen) atoms. The van der Waals surface area contributed by atoms with Gasteiger partial charge in [-0.05, 0) is 75.1 Å². The standard InChI is InChI=1S/C26H30O5/c1-22(2)17(27)7-9-23(3)16-6-10-24(4)15(14-8-11-30-13-14)12-18-26(24,31-18)25(16,5)21(29)19(28)20(22)23/h7-9,11,13,15-16,18,28H,6,10,12H2,1-5H3/t15-,16-,18-,23-,24+,25+,26-/m1/s1. The predicted molar refractivity (Wildman–Crippen MR) is 113 cm³/mol. The van der Waals surface area contributed by atoms with Crippen LogP contribution in [0.25, 0.3) is 0 Å². The quantitative estimate of drug-likeness (QED) is 0.652. The Morgan fingerprint density at radius 2 is 1.87 bits per heavy atom. The number of carbonyl (C=O) groups is 2. The van der Waals surface area contributed by atoms with Crippen LogP contribution >= 0.6 is 0 Å². The molecule has 164 valence electrons. The van der Waals surface area contributed by atoms with E-state index in [1.165, 1.54) is 5.56 Å². The van der Waals surface area contributed by atoms with Crippen LogP contribution < -0.4 is 0 Å². The molecular formula is C26H30O5. The molecule has 5 heteroatoms. The molecule has 1 aromatic rings. The number of hydrogen-bond acceptors (Lipinski definition) is 5. The summed E-state index contributed by atoms with van der Waals surface area (Å²) < 4.78 is 11.9. The molecule has 5 nitrogen and oxygen atoms in total. The van der Waals surface area contributed by atoms with Gasteiger partial charge >= 0.3 is 0 Å². The largest absolute Gasteiger partial charge is 0.504 e. The minimum atomic E-state index is -0.901. The lowest BCUT2D eigenvalue weighted by Crippen LogP contribution is -2.66. The van der Waals surface area contributed by atoms with Crippen molar-refractivity contribution in [1.29, 1.82) is 0 Å². The number of epoxide rings is 1. The van der Waals surface area contributed by atoms with E-state index in [-0.39, 0.29) is 40.7 Å². The SMILES string of the molecule is CC1(C)C(=O)C=C[C@@]2(C)C1=C(O)C(=O)[C@]1(C)[C@@H]2CC[C@@]2(C)[C@@H](c3ccoc3)C[C@H]3O[C@]321. The van der Waals surface area contributed by atoms with Crippen molar-refractivity contribution >= 4 is 11.6 Å². The van der Waals surface area contributed by atoms with Crippen molar-refractivity contribution in [3.63, 3.8) is 0 Å². The van der Waals surface area contributed by atoms with Gasteiger partial charge in [0, 0.05) is 10.8 Å². The molecular weight excluding hydrogens is 392 g/mol. The Labute approximate surface area is 182 Å². The van der Waals surface area contributed by atoms with E-state index < -0.39 is 21.8 Å². The minimum Gasteiger partial charge on any atom is -0.504 e. The molecule has 1 spiro atoms. The highest BCUT2D eigenvalue weighted by atomic mass is 16.6. The molecule has 4 aliphatic carbocycles. The van der Waals surface area contributed by atoms with Crippen LogP contribution in [0.4, 0.5) is 0 Å². The number of carbonyl (C=O) groups excluding carboxylic acids is 2. The fraction of sp³-hybridized carbons (Fsp3) is 0.615. The first-order valence-electron chi connectivity index (χ1n) is 11.4. The van der Waals surface area contributed by atoms with E-state index in [2.05, 4.69) is 13.8 Å². The van der Waals surface area contributed by atoms with E-state index >= 15 is 0 Å². The molecule has 7 atom stereocenters. The van der Waals surface area contributed by atoms with Crippen LogP contribution in [0, 0.1) is 27.6 Å². The van der Waals surface area contributed by atoms with E-state index in [1.54, 1.807) is 12.3 Å². The number of aliphatic hydroxyl groups is 1. The molecule has 1 N–H and O–H groups in total. The van der Waals surface area contributed by atoms with E-state index in [0.717, 1.165) is 19.3 Å². The van der Waals surface area contributed by atoms with E-state index in [1.807, 2.05) is 39.2 Å². The smallest absolute Gasteiger partial charge is 0.206 e. The zero-order chi connectivity index (χ0) is 22.2. The maximum atomic E-state index is 14.0. The van der Waals surface area contributed by atoms with E-state index in [4.69, 9.17) is 9.15 Å². The number of furan rings is 1. The Morgan fingerprint density at radius 1 is 1.13 bits per heavy atom. The summed E-state index contributed by atoms with van der Waals surface area (Å²) >= 11 is 0. The second-order valence-corrected chi connectivity index (χ2v) is 11.6. The molecule has 0 amide bonds. The molecule has 0 bridgehead atoms. The van der Waals surface area contributed by atoms with Gasteiger partial charge in [0.1, 0.15) is 5.60 Å². The van der Waals surface area contributed by atoms with Gasteiger partial charge in [-0.25, -0.2) is 0 Å². The van der Waals surface area contributed by atoms with Crippen LogP contribution in [0.2, 0.25) is 0 Å². The van der Waals surface area contributed by atoms with Crippen molar-refractivity contribution in [1.82, 2.24) is 0 Å². The number of ketones is 2. The topological polar surface area (TPSA) is 80.0 Å². The molecule has 3 fully saturated rings. The van der Waals surface area contributed by atoms with Crippen molar-refractivity contribution in [3.8, 4) is 0 Å². The van der Waals surface area contributed by atoms with E-state index in [9.17, 15) is 14.7 Å². The second kappa shape index (κ2) is 5.25. The van der Waals surface area contributed by atoms with Crippen molar-refractivity contribution in [2.24, 2.45) is 27.6 Å². The van der Waals surface area contributed by atoms with Crippen LogP contribution in [0.5, 0.6) is 0 Å². The van der Waals surface area contributed by atoms with Crippen molar-refractivity contribution in [2.45, 2.75) is 71.5 Å². The van der Waals surface area contributed by atoms with Gasteiger partial charge < -0.3 is 14.3 Å². The molecule has 2 heterocycles. The van der Waals surface area contributed by atoms with Crippen LogP contribution in [-0.2, 0) is 14.3 Å². The molecule has 0 radical (unpaired) electrons. The first-order valence-corrected chi connectivity index (χ1v) is 11.4. The van der Waals surface area contributed by atoms with Gasteiger partial charge in [-0.2, -0.15) is 0 Å². The third kappa shape index (κ3) is 1.80. The van der Waals surface area contributed by atoms with Crippen LogP contribution in [-0.4, -0.2) is 28.4 Å². The summed E-state index contributed by atoms with van der Waals surface area (Å²) in [5.41, 5.74) is -1.40. The fourth-order valence-electron chi connectivity index (χ4n) is 8.78.